The van der Waals surface area contributed by atoms with Crippen LogP contribution in [0.5, 0.6) is 0 Å². The molecule has 1 aromatic carbocycles. The summed E-state index contributed by atoms with van der Waals surface area (Å²) in [6, 6.07) is 10.7. The molecule has 6 atom stereocenters. The van der Waals surface area contributed by atoms with Crippen molar-refractivity contribution in [1.29, 1.82) is 0 Å². The van der Waals surface area contributed by atoms with Crippen LogP contribution in [0.2, 0.25) is 0 Å². The molecule has 3 fully saturated rings. The Balaban J connectivity index is 0.00000210. The fourth-order valence-electron chi connectivity index (χ4n) is 7.17. The normalized spacial score (nSPS) is 39.4. The van der Waals surface area contributed by atoms with Crippen molar-refractivity contribution in [2.45, 2.75) is 77.5 Å². The maximum Gasteiger partial charge on any atom is 0.116 e. The number of hydrogen-bond donors (Lipinski definition) is 0. The number of unbranched alkanes of at least 4 members (excludes halogenated alkanes) is 3. The third-order valence-corrected chi connectivity index (χ3v) is 8.36. The van der Waals surface area contributed by atoms with Gasteiger partial charge in [0.25, 0.3) is 0 Å². The Bertz CT molecular complexity index is 608. The molecule has 4 rings (SSSR count). The fourth-order valence-corrected chi connectivity index (χ4v) is 7.17. The van der Waals surface area contributed by atoms with Crippen LogP contribution in [0.3, 0.4) is 0 Å². The van der Waals surface area contributed by atoms with Crippen LogP contribution in [0.4, 0.5) is 0 Å². The average Bonchev–Trinajstić information content (AvgIpc) is 3.19. The lowest BCUT2D eigenvalue weighted by molar-refractivity contribution is -0.954. The van der Waals surface area contributed by atoms with E-state index in [1.807, 2.05) is 0 Å². The summed E-state index contributed by atoms with van der Waals surface area (Å²) in [7, 11) is 0. The van der Waals surface area contributed by atoms with E-state index in [-0.39, 0.29) is 17.0 Å². The number of halogens is 1. The maximum absolute atomic E-state index is 6.59. The first-order chi connectivity index (χ1) is 12.6. The minimum Gasteiger partial charge on any atom is -1.00 e. The number of rotatable bonds is 8. The first kappa shape index (κ1) is 21.3. The van der Waals surface area contributed by atoms with Crippen molar-refractivity contribution >= 4 is 0 Å². The van der Waals surface area contributed by atoms with E-state index in [4.69, 9.17) is 4.74 Å². The van der Waals surface area contributed by atoms with E-state index < -0.39 is 0 Å². The predicted molar refractivity (Wildman–Crippen MR) is 108 cm³/mol. The van der Waals surface area contributed by atoms with Crippen LogP contribution in [0.25, 0.3) is 0 Å². The van der Waals surface area contributed by atoms with Gasteiger partial charge in [0.2, 0.25) is 0 Å². The van der Waals surface area contributed by atoms with Crippen molar-refractivity contribution in [3.8, 4) is 0 Å². The van der Waals surface area contributed by atoms with Gasteiger partial charge in [0.05, 0.1) is 19.7 Å². The maximum atomic E-state index is 6.59. The van der Waals surface area contributed by atoms with Gasteiger partial charge in [0.15, 0.2) is 0 Å². The molecule has 0 N–H and O–H groups in total. The number of benzene rings is 1. The van der Waals surface area contributed by atoms with Crippen LogP contribution in [0.1, 0.15) is 64.9 Å². The van der Waals surface area contributed by atoms with Gasteiger partial charge in [-0.15, -0.1) is 0 Å². The molecule has 2 saturated heterocycles. The van der Waals surface area contributed by atoms with Crippen molar-refractivity contribution in [3.05, 3.63) is 35.9 Å². The van der Waals surface area contributed by atoms with E-state index in [1.54, 1.807) is 0 Å². The van der Waals surface area contributed by atoms with Crippen molar-refractivity contribution in [2.75, 3.05) is 19.6 Å². The van der Waals surface area contributed by atoms with Crippen molar-refractivity contribution in [3.63, 3.8) is 0 Å². The lowest BCUT2D eigenvalue weighted by Gasteiger charge is -2.43. The Morgan fingerprint density at radius 3 is 2.52 bits per heavy atom. The monoisotopic (exact) mass is 435 g/mol. The van der Waals surface area contributed by atoms with Crippen molar-refractivity contribution < 1.29 is 26.2 Å². The SMILES string of the molecule is CCCCCC[N@+]12C[C@@H](C)[C@@H]3CC[C@H]([C@@H](OCc4ccccc4)C1)[C@@]32C.[Br-]. The first-order valence-corrected chi connectivity index (χ1v) is 11.1. The standard InChI is InChI=1S/C24H38NO.BrH/c1-4-5-6-10-15-25-16-19(2)21-13-14-22(24(21,25)3)23(17-25)26-18-20-11-8-7-9-12-20;/h7-9,11-12,19,21-23H,4-6,10,13-18H2,1-3H3;1H/q+1;/p-1/t19-,21+,22-,23+,24-,25+;/m1./s1. The topological polar surface area (TPSA) is 9.23 Å². The highest BCUT2D eigenvalue weighted by molar-refractivity contribution is 5.14. The first-order valence-electron chi connectivity index (χ1n) is 11.1. The number of quaternary nitrogens is 1. The van der Waals surface area contributed by atoms with Crippen molar-refractivity contribution in [1.82, 2.24) is 0 Å². The Morgan fingerprint density at radius 2 is 1.78 bits per heavy atom. The van der Waals surface area contributed by atoms with Crippen LogP contribution in [0, 0.1) is 17.8 Å². The zero-order valence-corrected chi connectivity index (χ0v) is 19.1. The second-order valence-electron chi connectivity index (χ2n) is 9.62. The zero-order valence-electron chi connectivity index (χ0n) is 17.5. The molecule has 3 aliphatic rings. The number of nitrogens with zero attached hydrogens (tertiary/aromatic N) is 1. The van der Waals surface area contributed by atoms with Crippen LogP contribution >= 0.6 is 0 Å². The van der Waals surface area contributed by atoms with E-state index in [0.717, 1.165) is 24.4 Å². The minimum atomic E-state index is 0. The Kier molecular flexibility index (Phi) is 6.75. The van der Waals surface area contributed by atoms with Gasteiger partial charge in [-0.25, -0.2) is 0 Å². The van der Waals surface area contributed by atoms with Gasteiger partial charge in [0.1, 0.15) is 18.2 Å². The molecular formula is C24H38BrNO. The van der Waals surface area contributed by atoms with E-state index >= 15 is 0 Å². The summed E-state index contributed by atoms with van der Waals surface area (Å²) in [6.45, 7) is 12.3. The largest absolute Gasteiger partial charge is 1.00 e. The van der Waals surface area contributed by atoms with E-state index in [2.05, 4.69) is 51.1 Å². The molecule has 0 radical (unpaired) electrons. The number of ether oxygens (including phenoxy) is 1. The second kappa shape index (κ2) is 8.55. The summed E-state index contributed by atoms with van der Waals surface area (Å²) in [5.74, 6) is 2.59. The van der Waals surface area contributed by atoms with E-state index in [9.17, 15) is 0 Å². The molecule has 27 heavy (non-hydrogen) atoms. The molecule has 0 bridgehead atoms. The molecule has 152 valence electrons. The highest BCUT2D eigenvalue weighted by Gasteiger charge is 2.72. The summed E-state index contributed by atoms with van der Waals surface area (Å²) in [6.07, 6.45) is 8.83. The molecule has 0 unspecified atom stereocenters. The number of hydrogen-bond acceptors (Lipinski definition) is 1. The van der Waals surface area contributed by atoms with Crippen LogP contribution < -0.4 is 17.0 Å². The summed E-state index contributed by atoms with van der Waals surface area (Å²) < 4.78 is 7.96. The van der Waals surface area contributed by atoms with Crippen LogP contribution in [-0.4, -0.2) is 35.8 Å². The fraction of sp³-hybridized carbons (Fsp3) is 0.750. The smallest absolute Gasteiger partial charge is 0.116 e. The van der Waals surface area contributed by atoms with E-state index in [1.165, 1.54) is 68.2 Å². The van der Waals surface area contributed by atoms with Gasteiger partial charge in [-0.2, -0.15) is 0 Å². The Hall–Kier alpha value is -0.380. The van der Waals surface area contributed by atoms with Gasteiger partial charge in [0, 0.05) is 17.8 Å². The molecule has 3 heteroatoms. The Morgan fingerprint density at radius 1 is 1.04 bits per heavy atom. The van der Waals surface area contributed by atoms with Gasteiger partial charge in [-0.1, -0.05) is 57.0 Å². The molecule has 2 heterocycles. The van der Waals surface area contributed by atoms with Gasteiger partial charge < -0.3 is 26.2 Å². The predicted octanol–water partition coefficient (Wildman–Crippen LogP) is 2.42. The third-order valence-electron chi connectivity index (χ3n) is 8.36. The zero-order chi connectivity index (χ0) is 18.2. The highest BCUT2D eigenvalue weighted by Crippen LogP contribution is 2.62. The summed E-state index contributed by atoms with van der Waals surface area (Å²) in [5.41, 5.74) is 1.80. The molecular weight excluding hydrogens is 398 g/mol. The summed E-state index contributed by atoms with van der Waals surface area (Å²) in [4.78, 5) is 0. The molecule has 0 aromatic heterocycles. The lowest BCUT2D eigenvalue weighted by Crippen LogP contribution is -3.00. The van der Waals surface area contributed by atoms with Gasteiger partial charge in [-0.05, 0) is 38.2 Å². The average molecular weight is 436 g/mol. The van der Waals surface area contributed by atoms with Crippen LogP contribution in [-0.2, 0) is 11.3 Å². The Labute approximate surface area is 177 Å². The van der Waals surface area contributed by atoms with Crippen molar-refractivity contribution in [2.24, 2.45) is 17.8 Å². The quantitative estimate of drug-likeness (QED) is 0.449. The van der Waals surface area contributed by atoms with Gasteiger partial charge in [-0.3, -0.25) is 0 Å². The van der Waals surface area contributed by atoms with E-state index in [0.29, 0.717) is 11.6 Å². The molecule has 0 amide bonds. The summed E-state index contributed by atoms with van der Waals surface area (Å²) in [5, 5.41) is 0. The lowest BCUT2D eigenvalue weighted by atomic mass is 9.80. The molecule has 2 nitrogen and oxygen atoms in total. The minimum absolute atomic E-state index is 0. The molecule has 0 spiro atoms. The summed E-state index contributed by atoms with van der Waals surface area (Å²) >= 11 is 0. The van der Waals surface area contributed by atoms with Crippen LogP contribution in [0.15, 0.2) is 30.3 Å². The molecule has 2 aliphatic heterocycles. The third kappa shape index (κ3) is 3.53. The molecule has 1 aliphatic carbocycles. The molecule has 1 aromatic rings. The molecule has 1 saturated carbocycles. The second-order valence-corrected chi connectivity index (χ2v) is 9.62. The highest BCUT2D eigenvalue weighted by atomic mass is 79.9. The van der Waals surface area contributed by atoms with Gasteiger partial charge >= 0.3 is 0 Å².